The molecule has 46 heavy (non-hydrogen) atoms. The minimum atomic E-state index is -1.49. The third kappa shape index (κ3) is 7.75. The highest BCUT2D eigenvalue weighted by Crippen LogP contribution is 2.28. The Hall–Kier alpha value is -5.54. The van der Waals surface area contributed by atoms with E-state index in [2.05, 4.69) is 9.97 Å². The first kappa shape index (κ1) is 33.4. The first-order valence-corrected chi connectivity index (χ1v) is 13.9. The van der Waals surface area contributed by atoms with Crippen LogP contribution in [0.25, 0.3) is 0 Å². The average molecular weight is 655 g/mol. The van der Waals surface area contributed by atoms with Gasteiger partial charge in [0, 0.05) is 37.1 Å². The number of ketones is 1. The molecule has 1 N–H and O–H groups in total. The zero-order valence-corrected chi connectivity index (χ0v) is 24.9. The lowest BCUT2D eigenvalue weighted by atomic mass is 10.1. The van der Waals surface area contributed by atoms with E-state index in [0.29, 0.717) is 10.8 Å². The van der Waals surface area contributed by atoms with Gasteiger partial charge in [0.05, 0.1) is 29.2 Å². The number of halogens is 2. The molecule has 4 aromatic rings. The number of rotatable bonds is 11. The first-order chi connectivity index (χ1) is 21.9. The van der Waals surface area contributed by atoms with Crippen molar-refractivity contribution in [3.8, 4) is 17.5 Å². The van der Waals surface area contributed by atoms with Crippen LogP contribution in [0.5, 0.6) is 17.5 Å². The average Bonchev–Trinajstić information content (AvgIpc) is 3.03. The van der Waals surface area contributed by atoms with E-state index in [4.69, 9.17) is 25.8 Å². The number of Topliss-reactive ketones (excluding diaryl/α,β-unsaturated/α-hetero) is 1. The van der Waals surface area contributed by atoms with Gasteiger partial charge in [0.2, 0.25) is 17.6 Å². The van der Waals surface area contributed by atoms with E-state index in [9.17, 15) is 38.3 Å². The normalized spacial score (nSPS) is 10.8. The molecule has 0 radical (unpaired) electrons. The number of esters is 2. The van der Waals surface area contributed by atoms with Gasteiger partial charge in [0.25, 0.3) is 11.5 Å². The Bertz CT molecular complexity index is 1970. The summed E-state index contributed by atoms with van der Waals surface area (Å²) in [6.07, 6.45) is 1.77. The van der Waals surface area contributed by atoms with Gasteiger partial charge in [-0.3, -0.25) is 19.0 Å². The quantitative estimate of drug-likeness (QED) is 0.233. The highest BCUT2D eigenvalue weighted by atomic mass is 35.5. The molecule has 14 nitrogen and oxygen atoms in total. The molecule has 0 spiro atoms. The molecule has 0 atom stereocenters. The van der Waals surface area contributed by atoms with Crippen molar-refractivity contribution in [3.05, 3.63) is 109 Å². The van der Waals surface area contributed by atoms with E-state index >= 15 is 0 Å². The maximum absolute atomic E-state index is 14.3. The molecule has 0 bridgehead atoms. The molecule has 3 heterocycles. The smallest absolute Gasteiger partial charge is 0.344 e. The second-order valence-corrected chi connectivity index (χ2v) is 9.79. The van der Waals surface area contributed by atoms with E-state index < -0.39 is 47.5 Å². The Morgan fingerprint density at radius 3 is 2.41 bits per heavy atom. The highest BCUT2D eigenvalue weighted by molar-refractivity contribution is 6.32. The number of aromatic hydroxyl groups is 1. The summed E-state index contributed by atoms with van der Waals surface area (Å²) in [6, 6.07) is 8.06. The van der Waals surface area contributed by atoms with Gasteiger partial charge in [-0.1, -0.05) is 24.6 Å². The standard InChI is InChI=1S/C30H24ClFN4O10/c1-3-20(37)11-19-9-18(10-24(38)34-19)29(42)45-23-12-25(33-13-21(23)31)46-28(41)17-7-5-6-16(8-17)26(39)36-27(40)22(32)14-35(30(36)43)15-44-4-2/h5-10,12-14H,3-4,11,15H2,1-2H3,(H,34,38). The SMILES string of the molecule is CCOCn1cc(F)c(=O)n(C(=O)c2cccc(C(=O)Oc3cc(OC(=O)c4cc(O)nc(CC(=O)CC)c4)c(Cl)cn3)c2)c1=O. The summed E-state index contributed by atoms with van der Waals surface area (Å²) in [5.41, 5.74) is -3.17. The fraction of sp³-hybridized carbons (Fsp3) is 0.200. The number of pyridine rings is 2. The molecule has 0 unspecified atom stereocenters. The molecule has 0 saturated heterocycles. The largest absolute Gasteiger partial charge is 0.493 e. The zero-order valence-electron chi connectivity index (χ0n) is 24.2. The van der Waals surface area contributed by atoms with E-state index in [-0.39, 0.29) is 68.8 Å². The number of hydrogen-bond donors (Lipinski definition) is 1. The van der Waals surface area contributed by atoms with Crippen LogP contribution in [-0.4, -0.2) is 54.4 Å². The fourth-order valence-electron chi connectivity index (χ4n) is 3.90. The number of aromatic nitrogens is 4. The fourth-order valence-corrected chi connectivity index (χ4v) is 4.04. The molecule has 0 fully saturated rings. The number of benzene rings is 1. The van der Waals surface area contributed by atoms with Crippen molar-refractivity contribution >= 4 is 35.2 Å². The summed E-state index contributed by atoms with van der Waals surface area (Å²) in [5.74, 6) is -5.94. The first-order valence-electron chi connectivity index (χ1n) is 13.5. The zero-order chi connectivity index (χ0) is 33.5. The Balaban J connectivity index is 1.54. The van der Waals surface area contributed by atoms with Gasteiger partial charge in [-0.2, -0.15) is 8.96 Å². The van der Waals surface area contributed by atoms with Crippen LogP contribution < -0.4 is 20.7 Å². The van der Waals surface area contributed by atoms with E-state index in [1.165, 1.54) is 24.3 Å². The van der Waals surface area contributed by atoms with Gasteiger partial charge in [0.15, 0.2) is 5.75 Å². The van der Waals surface area contributed by atoms with Crippen molar-refractivity contribution < 1.29 is 42.9 Å². The van der Waals surface area contributed by atoms with Gasteiger partial charge in [-0.05, 0) is 31.2 Å². The lowest BCUT2D eigenvalue weighted by molar-refractivity contribution is -0.118. The number of nitrogens with zero attached hydrogens (tertiary/aromatic N) is 4. The van der Waals surface area contributed by atoms with Crippen LogP contribution in [0, 0.1) is 5.82 Å². The van der Waals surface area contributed by atoms with E-state index in [0.717, 1.165) is 24.4 Å². The van der Waals surface area contributed by atoms with Crippen molar-refractivity contribution in [3.63, 3.8) is 0 Å². The van der Waals surface area contributed by atoms with Crippen LogP contribution in [0.15, 0.2) is 64.4 Å². The van der Waals surface area contributed by atoms with Crippen LogP contribution in [0.3, 0.4) is 0 Å². The Kier molecular flexibility index (Phi) is 10.5. The molecule has 3 aromatic heterocycles. The minimum Gasteiger partial charge on any atom is -0.493 e. The Morgan fingerprint density at radius 1 is 0.978 bits per heavy atom. The molecular formula is C30H24ClFN4O10. The summed E-state index contributed by atoms with van der Waals surface area (Å²) in [4.78, 5) is 83.3. The summed E-state index contributed by atoms with van der Waals surface area (Å²) in [5, 5.41) is 9.76. The molecular weight excluding hydrogens is 631 g/mol. The van der Waals surface area contributed by atoms with Gasteiger partial charge in [0.1, 0.15) is 17.5 Å². The predicted octanol–water partition coefficient (Wildman–Crippen LogP) is 2.94. The van der Waals surface area contributed by atoms with Gasteiger partial charge < -0.3 is 19.3 Å². The number of hydrogen-bond acceptors (Lipinski definition) is 12. The second kappa shape index (κ2) is 14.5. The lowest BCUT2D eigenvalue weighted by Crippen LogP contribution is -2.45. The number of carbonyl (C=O) groups excluding carboxylic acids is 4. The highest BCUT2D eigenvalue weighted by Gasteiger charge is 2.22. The second-order valence-electron chi connectivity index (χ2n) is 9.38. The van der Waals surface area contributed by atoms with Gasteiger partial charge in [-0.25, -0.2) is 24.4 Å². The minimum absolute atomic E-state index is 0.0767. The summed E-state index contributed by atoms with van der Waals surface area (Å²) >= 11 is 6.11. The summed E-state index contributed by atoms with van der Waals surface area (Å²) < 4.78 is 30.6. The van der Waals surface area contributed by atoms with Crippen molar-refractivity contribution in [1.82, 2.24) is 19.1 Å². The molecule has 0 saturated carbocycles. The van der Waals surface area contributed by atoms with Crippen molar-refractivity contribution in [2.75, 3.05) is 6.61 Å². The molecule has 0 amide bonds. The molecule has 0 aliphatic rings. The molecule has 238 valence electrons. The monoisotopic (exact) mass is 654 g/mol. The molecule has 0 aliphatic heterocycles. The van der Waals surface area contributed by atoms with Crippen molar-refractivity contribution in [1.29, 1.82) is 0 Å². The Labute approximate surface area is 263 Å². The summed E-state index contributed by atoms with van der Waals surface area (Å²) in [7, 11) is 0. The van der Waals surface area contributed by atoms with Crippen LogP contribution in [0.1, 0.15) is 57.0 Å². The predicted molar refractivity (Wildman–Crippen MR) is 157 cm³/mol. The summed E-state index contributed by atoms with van der Waals surface area (Å²) in [6.45, 7) is 3.05. The van der Waals surface area contributed by atoms with Crippen LogP contribution in [0.2, 0.25) is 5.02 Å². The lowest BCUT2D eigenvalue weighted by Gasteiger charge is -2.11. The van der Waals surface area contributed by atoms with Gasteiger partial charge >= 0.3 is 17.6 Å². The third-order valence-corrected chi connectivity index (χ3v) is 6.45. The van der Waals surface area contributed by atoms with Crippen molar-refractivity contribution in [2.24, 2.45) is 0 Å². The van der Waals surface area contributed by atoms with Crippen LogP contribution >= 0.6 is 11.6 Å². The molecule has 4 rings (SSSR count). The maximum Gasteiger partial charge on any atom is 0.344 e. The number of ether oxygens (including phenoxy) is 3. The number of carbonyl (C=O) groups is 4. The van der Waals surface area contributed by atoms with E-state index in [1.54, 1.807) is 13.8 Å². The molecule has 0 aliphatic carbocycles. The molecule has 16 heteroatoms. The van der Waals surface area contributed by atoms with Crippen LogP contribution in [-0.2, 0) is 22.7 Å². The molecule has 1 aromatic carbocycles. The van der Waals surface area contributed by atoms with Crippen molar-refractivity contribution in [2.45, 2.75) is 33.4 Å². The van der Waals surface area contributed by atoms with Gasteiger partial charge in [-0.15, -0.1) is 0 Å². The van der Waals surface area contributed by atoms with E-state index in [1.807, 2.05) is 0 Å². The Morgan fingerprint density at radius 2 is 1.70 bits per heavy atom. The van der Waals surface area contributed by atoms with Crippen LogP contribution in [0.4, 0.5) is 4.39 Å². The topological polar surface area (TPSA) is 186 Å². The maximum atomic E-state index is 14.3. The third-order valence-electron chi connectivity index (χ3n) is 6.16.